The lowest BCUT2D eigenvalue weighted by atomic mass is 9.71. The molecule has 6 unspecified atom stereocenters. The largest absolute Gasteiger partial charge is 0.465 e. The lowest BCUT2D eigenvalue weighted by molar-refractivity contribution is -0.149. The van der Waals surface area contributed by atoms with Crippen LogP contribution in [0.2, 0.25) is 0 Å². The molecule has 0 heterocycles. The second-order valence-corrected chi connectivity index (χ2v) is 8.28. The van der Waals surface area contributed by atoms with Crippen LogP contribution in [0.1, 0.15) is 27.2 Å². The molecule has 6 aliphatic rings. The fourth-order valence-corrected chi connectivity index (χ4v) is 8.05. The van der Waals surface area contributed by atoms with E-state index in [1.807, 2.05) is 0 Å². The van der Waals surface area contributed by atoms with Crippen LogP contribution >= 0.6 is 0 Å². The Labute approximate surface area is 124 Å². The molecule has 6 saturated carbocycles. The fraction of sp³-hybridized carbons (Fsp3) is 0.882. The van der Waals surface area contributed by atoms with Crippen molar-refractivity contribution in [1.29, 1.82) is 0 Å². The number of carbonyl (C=O) groups excluding carboxylic acids is 2. The third kappa shape index (κ3) is 1.14. The molecule has 10 atom stereocenters. The van der Waals surface area contributed by atoms with Crippen LogP contribution in [-0.4, -0.2) is 24.6 Å². The van der Waals surface area contributed by atoms with E-state index in [-0.39, 0.29) is 23.5 Å². The number of rotatable bonds is 3. The molecular weight excluding hydrogens is 268 g/mol. The molecule has 0 amide bonds. The Kier molecular flexibility index (Phi) is 2.06. The van der Waals surface area contributed by atoms with Gasteiger partial charge in [0.05, 0.1) is 6.61 Å². The quantitative estimate of drug-likeness (QED) is 0.745. The SMILES string of the molecule is CC(=O)OC[C@]1(C)C2C3C4[C@@H]5C[C@H]3C1C5C2[C@@H]4OC(C)=O. The molecule has 0 aromatic rings. The number of hydrogen-bond donors (Lipinski definition) is 0. The molecule has 6 aliphatic carbocycles. The smallest absolute Gasteiger partial charge is 0.302 e. The first-order valence-electron chi connectivity index (χ1n) is 8.25. The number of esters is 2. The standard InChI is InChI=1S/C17H22O4/c1-6(18)20-5-17(3)14-9-4-8-10(14)13-15(17)11(9)12(8)16(13)21-7(2)19/h8-16H,4-5H2,1-3H3/t8-,9-,10?,11?,12?,13?,14?,15?,16-,17+/m1/s1. The van der Waals surface area contributed by atoms with E-state index in [0.29, 0.717) is 30.3 Å². The zero-order valence-corrected chi connectivity index (χ0v) is 12.7. The van der Waals surface area contributed by atoms with Crippen molar-refractivity contribution in [1.82, 2.24) is 0 Å². The summed E-state index contributed by atoms with van der Waals surface area (Å²) in [5, 5.41) is 0. The average Bonchev–Trinajstić information content (AvgIpc) is 3.11. The third-order valence-corrected chi connectivity index (χ3v) is 7.79. The van der Waals surface area contributed by atoms with E-state index >= 15 is 0 Å². The number of hydrogen-bond acceptors (Lipinski definition) is 4. The molecule has 114 valence electrons. The minimum atomic E-state index is -0.175. The van der Waals surface area contributed by atoms with Crippen LogP contribution in [0.15, 0.2) is 0 Å². The highest BCUT2D eigenvalue weighted by molar-refractivity contribution is 5.66. The maximum Gasteiger partial charge on any atom is 0.302 e. The van der Waals surface area contributed by atoms with Crippen molar-refractivity contribution in [2.75, 3.05) is 6.61 Å². The summed E-state index contributed by atoms with van der Waals surface area (Å²) in [5.41, 5.74) is 0.120. The van der Waals surface area contributed by atoms with Crippen LogP contribution in [0.4, 0.5) is 0 Å². The van der Waals surface area contributed by atoms with Gasteiger partial charge in [-0.1, -0.05) is 6.92 Å². The number of carbonyl (C=O) groups is 2. The third-order valence-electron chi connectivity index (χ3n) is 7.79. The first kappa shape index (κ1) is 12.5. The summed E-state index contributed by atoms with van der Waals surface area (Å²) in [5.74, 6) is 5.15. The molecule has 0 aromatic heterocycles. The van der Waals surface area contributed by atoms with E-state index in [0.717, 1.165) is 23.7 Å². The Morgan fingerprint density at radius 2 is 1.71 bits per heavy atom. The van der Waals surface area contributed by atoms with Crippen molar-refractivity contribution >= 4 is 11.9 Å². The average molecular weight is 290 g/mol. The van der Waals surface area contributed by atoms with E-state index in [4.69, 9.17) is 9.47 Å². The highest BCUT2D eigenvalue weighted by atomic mass is 16.5. The molecule has 0 spiro atoms. The summed E-state index contributed by atoms with van der Waals surface area (Å²) in [6.07, 6.45) is 1.48. The van der Waals surface area contributed by atoms with Gasteiger partial charge in [0.1, 0.15) is 6.10 Å². The van der Waals surface area contributed by atoms with Crippen molar-refractivity contribution in [3.8, 4) is 0 Å². The van der Waals surface area contributed by atoms with Gasteiger partial charge in [-0.3, -0.25) is 9.59 Å². The normalized spacial score (nSPS) is 60.2. The molecule has 21 heavy (non-hydrogen) atoms. The van der Waals surface area contributed by atoms with Crippen LogP contribution in [0.25, 0.3) is 0 Å². The Morgan fingerprint density at radius 3 is 2.33 bits per heavy atom. The second-order valence-electron chi connectivity index (χ2n) is 8.28. The summed E-state index contributed by atoms with van der Waals surface area (Å²) < 4.78 is 11.2. The highest BCUT2D eigenvalue weighted by Crippen LogP contribution is 2.87. The van der Waals surface area contributed by atoms with Crippen LogP contribution in [0.3, 0.4) is 0 Å². The maximum absolute atomic E-state index is 11.5. The van der Waals surface area contributed by atoms with E-state index < -0.39 is 0 Å². The Balaban J connectivity index is 1.52. The molecule has 0 aromatic carbocycles. The van der Waals surface area contributed by atoms with Crippen LogP contribution in [0, 0.1) is 52.8 Å². The van der Waals surface area contributed by atoms with Gasteiger partial charge >= 0.3 is 11.9 Å². The summed E-state index contributed by atoms with van der Waals surface area (Å²) in [4.78, 5) is 22.7. The van der Waals surface area contributed by atoms with Crippen LogP contribution in [-0.2, 0) is 19.1 Å². The molecule has 6 fully saturated rings. The van der Waals surface area contributed by atoms with E-state index in [2.05, 4.69) is 6.92 Å². The molecule has 0 N–H and O–H groups in total. The Morgan fingerprint density at radius 1 is 1.00 bits per heavy atom. The molecule has 0 saturated heterocycles. The summed E-state index contributed by atoms with van der Waals surface area (Å²) in [7, 11) is 0. The summed E-state index contributed by atoms with van der Waals surface area (Å²) in [6, 6.07) is 0. The van der Waals surface area contributed by atoms with Gasteiger partial charge in [0.15, 0.2) is 0 Å². The predicted molar refractivity (Wildman–Crippen MR) is 72.8 cm³/mol. The lowest BCUT2D eigenvalue weighted by Crippen LogP contribution is -2.32. The van der Waals surface area contributed by atoms with Gasteiger partial charge in [0.25, 0.3) is 0 Å². The first-order chi connectivity index (χ1) is 9.95. The maximum atomic E-state index is 11.5. The first-order valence-corrected chi connectivity index (χ1v) is 8.25. The molecular formula is C17H22O4. The fourth-order valence-electron chi connectivity index (χ4n) is 8.05. The van der Waals surface area contributed by atoms with Crippen LogP contribution < -0.4 is 0 Å². The zero-order valence-electron chi connectivity index (χ0n) is 12.7. The van der Waals surface area contributed by atoms with Gasteiger partial charge in [-0.15, -0.1) is 0 Å². The Hall–Kier alpha value is -1.06. The predicted octanol–water partition coefficient (Wildman–Crippen LogP) is 1.88. The van der Waals surface area contributed by atoms with Crippen molar-refractivity contribution in [3.63, 3.8) is 0 Å². The summed E-state index contributed by atoms with van der Waals surface area (Å²) >= 11 is 0. The minimum Gasteiger partial charge on any atom is -0.465 e. The van der Waals surface area contributed by atoms with Crippen LogP contribution in [0.5, 0.6) is 0 Å². The molecule has 0 aliphatic heterocycles. The molecule has 0 radical (unpaired) electrons. The van der Waals surface area contributed by atoms with Crippen molar-refractivity contribution in [2.45, 2.75) is 33.3 Å². The second kappa shape index (κ2) is 3.47. The molecule has 6 bridgehead atoms. The van der Waals surface area contributed by atoms with Gasteiger partial charge in [-0.25, -0.2) is 0 Å². The van der Waals surface area contributed by atoms with Gasteiger partial charge < -0.3 is 9.47 Å². The monoisotopic (exact) mass is 290 g/mol. The van der Waals surface area contributed by atoms with Gasteiger partial charge in [0.2, 0.25) is 0 Å². The highest BCUT2D eigenvalue weighted by Gasteiger charge is 2.87. The van der Waals surface area contributed by atoms with Crippen molar-refractivity contribution in [3.05, 3.63) is 0 Å². The molecule has 6 rings (SSSR count). The summed E-state index contributed by atoms with van der Waals surface area (Å²) in [6.45, 7) is 5.92. The minimum absolute atomic E-state index is 0.120. The molecule has 4 heteroatoms. The van der Waals surface area contributed by atoms with Gasteiger partial charge in [0, 0.05) is 31.1 Å². The van der Waals surface area contributed by atoms with E-state index in [1.54, 1.807) is 0 Å². The van der Waals surface area contributed by atoms with Crippen molar-refractivity contribution < 1.29 is 19.1 Å². The lowest BCUT2D eigenvalue weighted by Gasteiger charge is -2.32. The van der Waals surface area contributed by atoms with Gasteiger partial charge in [-0.05, 0) is 41.9 Å². The van der Waals surface area contributed by atoms with E-state index in [1.165, 1.54) is 20.3 Å². The van der Waals surface area contributed by atoms with Crippen molar-refractivity contribution in [2.24, 2.45) is 52.8 Å². The topological polar surface area (TPSA) is 52.6 Å². The zero-order chi connectivity index (χ0) is 14.7. The Bertz CT molecular complexity index is 557. The van der Waals surface area contributed by atoms with Gasteiger partial charge in [-0.2, -0.15) is 0 Å². The number of ether oxygens (including phenoxy) is 2. The van der Waals surface area contributed by atoms with E-state index in [9.17, 15) is 9.59 Å². The molecule has 4 nitrogen and oxygen atoms in total.